The van der Waals surface area contributed by atoms with Crippen molar-refractivity contribution >= 4 is 11.6 Å². The van der Waals surface area contributed by atoms with Gasteiger partial charge in [0.15, 0.2) is 0 Å². The van der Waals surface area contributed by atoms with E-state index >= 15 is 0 Å². The van der Waals surface area contributed by atoms with Crippen LogP contribution in [0.3, 0.4) is 0 Å². The minimum atomic E-state index is 0.779. The third-order valence-electron chi connectivity index (χ3n) is 0.908. The second kappa shape index (κ2) is 2.19. The Morgan fingerprint density at radius 3 is 2.75 bits per heavy atom. The molecule has 1 radical (unpaired) electrons. The molecule has 8 heavy (non-hydrogen) atoms. The second-order valence-corrected chi connectivity index (χ2v) is 2.13. The average molecular weight is 126 g/mol. The van der Waals surface area contributed by atoms with Gasteiger partial charge in [-0.05, 0) is 30.7 Å². The molecule has 1 rings (SSSR count). The predicted molar refractivity (Wildman–Crippen MR) is 35.0 cm³/mol. The van der Waals surface area contributed by atoms with Crippen molar-refractivity contribution in [2.24, 2.45) is 0 Å². The Morgan fingerprint density at radius 1 is 1.62 bits per heavy atom. The summed E-state index contributed by atoms with van der Waals surface area (Å²) >= 11 is 5.62. The SMILES string of the molecule is Cc1[c]ccc(Cl)c1. The minimum absolute atomic E-state index is 0.779. The van der Waals surface area contributed by atoms with Gasteiger partial charge in [0, 0.05) is 5.02 Å². The topological polar surface area (TPSA) is 0 Å². The molecule has 0 amide bonds. The molecule has 0 bridgehead atoms. The Bertz CT molecular complexity index is 164. The van der Waals surface area contributed by atoms with Crippen molar-refractivity contribution in [3.05, 3.63) is 34.9 Å². The van der Waals surface area contributed by atoms with E-state index in [1.165, 1.54) is 0 Å². The molecule has 0 nitrogen and oxygen atoms in total. The van der Waals surface area contributed by atoms with E-state index in [-0.39, 0.29) is 0 Å². The molecule has 0 spiro atoms. The Labute approximate surface area is 54.1 Å². The number of rotatable bonds is 0. The van der Waals surface area contributed by atoms with E-state index in [4.69, 9.17) is 11.6 Å². The highest BCUT2D eigenvalue weighted by Crippen LogP contribution is 2.07. The number of benzene rings is 1. The van der Waals surface area contributed by atoms with Crippen LogP contribution in [-0.2, 0) is 0 Å². The smallest absolute Gasteiger partial charge is 0.0409 e. The van der Waals surface area contributed by atoms with Crippen LogP contribution < -0.4 is 0 Å². The van der Waals surface area contributed by atoms with Gasteiger partial charge in [0.05, 0.1) is 0 Å². The fraction of sp³-hybridized carbons (Fsp3) is 0.143. The molecule has 41 valence electrons. The third kappa shape index (κ3) is 1.24. The minimum Gasteiger partial charge on any atom is -0.0843 e. The van der Waals surface area contributed by atoms with Crippen molar-refractivity contribution in [3.8, 4) is 0 Å². The molecule has 0 N–H and O–H groups in total. The highest BCUT2D eigenvalue weighted by molar-refractivity contribution is 6.30. The van der Waals surface area contributed by atoms with Gasteiger partial charge in [0.1, 0.15) is 0 Å². The summed E-state index contributed by atoms with van der Waals surface area (Å²) in [6, 6.07) is 8.50. The van der Waals surface area contributed by atoms with Crippen molar-refractivity contribution in [3.63, 3.8) is 0 Å². The summed E-state index contributed by atoms with van der Waals surface area (Å²) in [5, 5.41) is 0.779. The highest BCUT2D eigenvalue weighted by Gasteiger charge is 1.83. The molecule has 1 aromatic rings. The summed E-state index contributed by atoms with van der Waals surface area (Å²) in [6.45, 7) is 1.96. The molecule has 0 atom stereocenters. The number of halogens is 1. The van der Waals surface area contributed by atoms with Crippen LogP contribution >= 0.6 is 11.6 Å². The lowest BCUT2D eigenvalue weighted by Crippen LogP contribution is -1.67. The number of aryl methyl sites for hydroxylation is 1. The van der Waals surface area contributed by atoms with Gasteiger partial charge < -0.3 is 0 Å². The lowest BCUT2D eigenvalue weighted by molar-refractivity contribution is 1.46. The van der Waals surface area contributed by atoms with Crippen molar-refractivity contribution < 1.29 is 0 Å². The van der Waals surface area contributed by atoms with Gasteiger partial charge in [0.25, 0.3) is 0 Å². The van der Waals surface area contributed by atoms with Gasteiger partial charge in [0.2, 0.25) is 0 Å². The average Bonchev–Trinajstić information content (AvgIpc) is 1.64. The van der Waals surface area contributed by atoms with Crippen LogP contribution in [0.4, 0.5) is 0 Å². The van der Waals surface area contributed by atoms with E-state index in [0.29, 0.717) is 0 Å². The molecule has 0 aliphatic rings. The normalized spacial score (nSPS) is 9.25. The van der Waals surface area contributed by atoms with Crippen molar-refractivity contribution in [1.29, 1.82) is 0 Å². The molecule has 0 saturated carbocycles. The first-order valence-corrected chi connectivity index (χ1v) is 2.80. The molecular formula is C7H6Cl. The fourth-order valence-corrected chi connectivity index (χ4v) is 0.776. The maximum Gasteiger partial charge on any atom is 0.0409 e. The maximum atomic E-state index is 5.62. The monoisotopic (exact) mass is 125 g/mol. The molecule has 0 saturated heterocycles. The van der Waals surface area contributed by atoms with E-state index in [2.05, 4.69) is 6.07 Å². The summed E-state index contributed by atoms with van der Waals surface area (Å²) in [6.07, 6.45) is 0. The van der Waals surface area contributed by atoms with Crippen LogP contribution in [0.15, 0.2) is 18.2 Å². The largest absolute Gasteiger partial charge is 0.0843 e. The van der Waals surface area contributed by atoms with Crippen LogP contribution in [0.1, 0.15) is 5.56 Å². The quantitative estimate of drug-likeness (QED) is 0.500. The van der Waals surface area contributed by atoms with Crippen LogP contribution in [0, 0.1) is 13.0 Å². The van der Waals surface area contributed by atoms with Crippen LogP contribution in [0.2, 0.25) is 5.02 Å². The van der Waals surface area contributed by atoms with E-state index < -0.39 is 0 Å². The summed E-state index contributed by atoms with van der Waals surface area (Å²) in [5.74, 6) is 0. The number of hydrogen-bond donors (Lipinski definition) is 0. The van der Waals surface area contributed by atoms with Gasteiger partial charge in [-0.15, -0.1) is 0 Å². The van der Waals surface area contributed by atoms with E-state index in [1.807, 2.05) is 25.1 Å². The lowest BCUT2D eigenvalue weighted by Gasteiger charge is -1.87. The summed E-state index contributed by atoms with van der Waals surface area (Å²) in [5.41, 5.74) is 1.08. The van der Waals surface area contributed by atoms with Crippen LogP contribution in [0.25, 0.3) is 0 Å². The van der Waals surface area contributed by atoms with Gasteiger partial charge in [-0.25, -0.2) is 0 Å². The Morgan fingerprint density at radius 2 is 2.38 bits per heavy atom. The zero-order chi connectivity index (χ0) is 5.98. The maximum absolute atomic E-state index is 5.62. The molecule has 0 aliphatic carbocycles. The fourth-order valence-electron chi connectivity index (χ4n) is 0.549. The Kier molecular flexibility index (Phi) is 1.54. The van der Waals surface area contributed by atoms with Crippen molar-refractivity contribution in [1.82, 2.24) is 0 Å². The first-order chi connectivity index (χ1) is 3.79. The summed E-state index contributed by atoms with van der Waals surface area (Å²) in [7, 11) is 0. The van der Waals surface area contributed by atoms with Gasteiger partial charge in [-0.2, -0.15) is 0 Å². The molecule has 0 aromatic heterocycles. The third-order valence-corrected chi connectivity index (χ3v) is 1.14. The van der Waals surface area contributed by atoms with Crippen LogP contribution in [-0.4, -0.2) is 0 Å². The molecule has 0 fully saturated rings. The van der Waals surface area contributed by atoms with E-state index in [0.717, 1.165) is 10.6 Å². The predicted octanol–water partition coefficient (Wildman–Crippen LogP) is 2.45. The first kappa shape index (κ1) is 5.64. The standard InChI is InChI=1S/C7H6Cl/c1-6-3-2-4-7(8)5-6/h2,4-5H,1H3. The van der Waals surface area contributed by atoms with E-state index in [9.17, 15) is 0 Å². The van der Waals surface area contributed by atoms with Gasteiger partial charge in [-0.3, -0.25) is 0 Å². The van der Waals surface area contributed by atoms with Gasteiger partial charge >= 0.3 is 0 Å². The number of hydrogen-bond acceptors (Lipinski definition) is 0. The Hall–Kier alpha value is -0.490. The van der Waals surface area contributed by atoms with Crippen molar-refractivity contribution in [2.45, 2.75) is 6.92 Å². The molecular weight excluding hydrogens is 120 g/mol. The Balaban J connectivity index is 3.08. The highest BCUT2D eigenvalue weighted by atomic mass is 35.5. The summed E-state index contributed by atoms with van der Waals surface area (Å²) in [4.78, 5) is 0. The zero-order valence-corrected chi connectivity index (χ0v) is 5.37. The molecule has 0 aliphatic heterocycles. The summed E-state index contributed by atoms with van der Waals surface area (Å²) < 4.78 is 0. The van der Waals surface area contributed by atoms with Crippen molar-refractivity contribution in [2.75, 3.05) is 0 Å². The van der Waals surface area contributed by atoms with Crippen LogP contribution in [0.5, 0.6) is 0 Å². The molecule has 1 aromatic carbocycles. The molecule has 1 heteroatoms. The van der Waals surface area contributed by atoms with E-state index in [1.54, 1.807) is 0 Å². The first-order valence-electron chi connectivity index (χ1n) is 2.43. The lowest BCUT2D eigenvalue weighted by atomic mass is 10.2. The second-order valence-electron chi connectivity index (χ2n) is 1.69. The zero-order valence-electron chi connectivity index (χ0n) is 4.61. The molecule has 0 unspecified atom stereocenters. The molecule has 0 heterocycles. The van der Waals surface area contributed by atoms with Gasteiger partial charge in [-0.1, -0.05) is 17.7 Å².